The molecule has 1 unspecified atom stereocenters. The molecule has 2 N–H and O–H groups in total. The fourth-order valence-electron chi connectivity index (χ4n) is 2.08. The lowest BCUT2D eigenvalue weighted by atomic mass is 10.0. The monoisotopic (exact) mass is 234 g/mol. The van der Waals surface area contributed by atoms with E-state index < -0.39 is 0 Å². The zero-order valence-corrected chi connectivity index (χ0v) is 10.5. The lowest BCUT2D eigenvalue weighted by molar-refractivity contribution is 0.145. The predicted octanol–water partition coefficient (Wildman–Crippen LogP) is 1.90. The lowest BCUT2D eigenvalue weighted by Crippen LogP contribution is -2.28. The Labute approximate surface area is 101 Å². The molecule has 0 bridgehead atoms. The number of aryl methyl sites for hydroxylation is 1. The topological polar surface area (TPSA) is 55.6 Å². The Kier molecular flexibility index (Phi) is 3.07. The summed E-state index contributed by atoms with van der Waals surface area (Å²) in [6.07, 6.45) is -0.490. The maximum Gasteiger partial charge on any atom is 0.414 e. The second-order valence-electron chi connectivity index (χ2n) is 4.50. The summed E-state index contributed by atoms with van der Waals surface area (Å²) in [5.74, 6) is 0. The number of carbonyl (C=O) groups excluding carboxylic acids is 1. The Morgan fingerprint density at radius 2 is 2.06 bits per heavy atom. The van der Waals surface area contributed by atoms with E-state index >= 15 is 0 Å². The van der Waals surface area contributed by atoms with Gasteiger partial charge in [-0.05, 0) is 43.5 Å². The third-order valence-electron chi connectivity index (χ3n) is 3.46. The van der Waals surface area contributed by atoms with Crippen molar-refractivity contribution >= 4 is 11.8 Å². The number of benzene rings is 1. The Hall–Kier alpha value is -1.55. The van der Waals surface area contributed by atoms with Gasteiger partial charge in [0.2, 0.25) is 0 Å². The minimum absolute atomic E-state index is 0.191. The molecule has 1 atom stereocenters. The largest absolute Gasteiger partial charge is 0.443 e. The van der Waals surface area contributed by atoms with Crippen molar-refractivity contribution < 1.29 is 9.53 Å². The highest BCUT2D eigenvalue weighted by molar-refractivity contribution is 5.91. The molecular formula is C13H18N2O2. The fraction of sp³-hybridized carbons (Fsp3) is 0.462. The standard InChI is InChI=1S/C13H18N2O2/c1-8-4-5-12(10(3)9(8)2)15-7-11(6-14)17-13(15)16/h4-5,11H,6-7,14H2,1-3H3. The summed E-state index contributed by atoms with van der Waals surface area (Å²) in [6, 6.07) is 4.00. The zero-order chi connectivity index (χ0) is 12.6. The highest BCUT2D eigenvalue weighted by Gasteiger charge is 2.32. The van der Waals surface area contributed by atoms with E-state index in [1.54, 1.807) is 4.90 Å². The number of hydrogen-bond donors (Lipinski definition) is 1. The quantitative estimate of drug-likeness (QED) is 0.850. The molecule has 2 rings (SSSR count). The van der Waals surface area contributed by atoms with Crippen LogP contribution >= 0.6 is 0 Å². The average molecular weight is 234 g/mol. The molecule has 0 spiro atoms. The minimum Gasteiger partial charge on any atom is -0.443 e. The van der Waals surface area contributed by atoms with Crippen molar-refractivity contribution in [1.82, 2.24) is 0 Å². The fourth-order valence-corrected chi connectivity index (χ4v) is 2.08. The van der Waals surface area contributed by atoms with Crippen molar-refractivity contribution in [1.29, 1.82) is 0 Å². The second-order valence-corrected chi connectivity index (χ2v) is 4.50. The summed E-state index contributed by atoms with van der Waals surface area (Å²) in [5, 5.41) is 0. The van der Waals surface area contributed by atoms with Gasteiger partial charge in [0.1, 0.15) is 6.10 Å². The van der Waals surface area contributed by atoms with E-state index in [2.05, 4.69) is 13.8 Å². The molecule has 4 heteroatoms. The normalized spacial score (nSPS) is 19.6. The van der Waals surface area contributed by atoms with Gasteiger partial charge in [0.05, 0.1) is 12.2 Å². The number of hydrogen-bond acceptors (Lipinski definition) is 3. The summed E-state index contributed by atoms with van der Waals surface area (Å²) < 4.78 is 5.16. The summed E-state index contributed by atoms with van der Waals surface area (Å²) >= 11 is 0. The van der Waals surface area contributed by atoms with Gasteiger partial charge in [-0.3, -0.25) is 4.90 Å². The van der Waals surface area contributed by atoms with Gasteiger partial charge in [-0.1, -0.05) is 6.07 Å². The van der Waals surface area contributed by atoms with Gasteiger partial charge in [-0.25, -0.2) is 4.79 Å². The predicted molar refractivity (Wildman–Crippen MR) is 67.3 cm³/mol. The number of nitrogens with two attached hydrogens (primary N) is 1. The number of carbonyl (C=O) groups is 1. The van der Waals surface area contributed by atoms with E-state index in [1.807, 2.05) is 19.1 Å². The van der Waals surface area contributed by atoms with Crippen LogP contribution in [0.1, 0.15) is 16.7 Å². The van der Waals surface area contributed by atoms with Crippen LogP contribution in [0.3, 0.4) is 0 Å². The van der Waals surface area contributed by atoms with E-state index in [9.17, 15) is 4.79 Å². The SMILES string of the molecule is Cc1ccc(N2CC(CN)OC2=O)c(C)c1C. The first-order chi connectivity index (χ1) is 8.04. The number of rotatable bonds is 2. The molecule has 1 aromatic carbocycles. The van der Waals surface area contributed by atoms with E-state index in [4.69, 9.17) is 10.5 Å². The Morgan fingerprint density at radius 1 is 1.35 bits per heavy atom. The van der Waals surface area contributed by atoms with Gasteiger partial charge in [0, 0.05) is 6.54 Å². The third-order valence-corrected chi connectivity index (χ3v) is 3.46. The minimum atomic E-state index is -0.299. The van der Waals surface area contributed by atoms with Crippen molar-refractivity contribution in [2.75, 3.05) is 18.0 Å². The van der Waals surface area contributed by atoms with Crippen LogP contribution in [0.5, 0.6) is 0 Å². The number of nitrogens with zero attached hydrogens (tertiary/aromatic N) is 1. The lowest BCUT2D eigenvalue weighted by Gasteiger charge is -2.18. The average Bonchev–Trinajstić information content (AvgIpc) is 2.68. The van der Waals surface area contributed by atoms with Crippen LogP contribution < -0.4 is 10.6 Å². The molecule has 1 aliphatic heterocycles. The zero-order valence-electron chi connectivity index (χ0n) is 10.5. The molecule has 0 saturated carbocycles. The molecule has 0 aliphatic carbocycles. The Bertz CT molecular complexity index is 457. The van der Waals surface area contributed by atoms with Crippen LogP contribution in [0.2, 0.25) is 0 Å². The van der Waals surface area contributed by atoms with E-state index in [1.165, 1.54) is 11.1 Å². The van der Waals surface area contributed by atoms with Gasteiger partial charge < -0.3 is 10.5 Å². The smallest absolute Gasteiger partial charge is 0.414 e. The molecular weight excluding hydrogens is 216 g/mol. The molecule has 4 nitrogen and oxygen atoms in total. The molecule has 1 fully saturated rings. The van der Waals surface area contributed by atoms with Crippen LogP contribution in [-0.4, -0.2) is 25.3 Å². The number of amides is 1. The highest BCUT2D eigenvalue weighted by Crippen LogP contribution is 2.28. The molecule has 1 amide bonds. The first-order valence-electron chi connectivity index (χ1n) is 5.79. The van der Waals surface area contributed by atoms with Crippen LogP contribution in [0, 0.1) is 20.8 Å². The first kappa shape index (κ1) is 11.9. The van der Waals surface area contributed by atoms with Crippen molar-refractivity contribution in [2.24, 2.45) is 5.73 Å². The summed E-state index contributed by atoms with van der Waals surface area (Å²) in [5.41, 5.74) is 10.0. The molecule has 92 valence electrons. The first-order valence-corrected chi connectivity index (χ1v) is 5.79. The van der Waals surface area contributed by atoms with Gasteiger partial charge in [-0.2, -0.15) is 0 Å². The highest BCUT2D eigenvalue weighted by atomic mass is 16.6. The number of cyclic esters (lactones) is 1. The summed E-state index contributed by atoms with van der Waals surface area (Å²) in [4.78, 5) is 13.4. The summed E-state index contributed by atoms with van der Waals surface area (Å²) in [6.45, 7) is 7.07. The van der Waals surface area contributed by atoms with Gasteiger partial charge in [0.15, 0.2) is 0 Å². The van der Waals surface area contributed by atoms with Crippen LogP contribution in [-0.2, 0) is 4.74 Å². The van der Waals surface area contributed by atoms with Crippen molar-refractivity contribution in [3.05, 3.63) is 28.8 Å². The molecule has 1 heterocycles. The molecule has 1 aromatic rings. The van der Waals surface area contributed by atoms with E-state index in [0.717, 1.165) is 11.3 Å². The Balaban J connectivity index is 2.35. The molecule has 0 aromatic heterocycles. The molecule has 1 saturated heterocycles. The molecule has 17 heavy (non-hydrogen) atoms. The number of anilines is 1. The molecule has 0 radical (unpaired) electrons. The maximum atomic E-state index is 11.7. The summed E-state index contributed by atoms with van der Waals surface area (Å²) in [7, 11) is 0. The van der Waals surface area contributed by atoms with Crippen LogP contribution in [0.4, 0.5) is 10.5 Å². The maximum absolute atomic E-state index is 11.7. The van der Waals surface area contributed by atoms with Crippen molar-refractivity contribution in [3.8, 4) is 0 Å². The van der Waals surface area contributed by atoms with Crippen LogP contribution in [0.25, 0.3) is 0 Å². The second kappa shape index (κ2) is 4.37. The Morgan fingerprint density at radius 3 is 2.65 bits per heavy atom. The van der Waals surface area contributed by atoms with Crippen molar-refractivity contribution in [3.63, 3.8) is 0 Å². The molecule has 1 aliphatic rings. The van der Waals surface area contributed by atoms with E-state index in [-0.39, 0.29) is 12.2 Å². The van der Waals surface area contributed by atoms with Gasteiger partial charge in [-0.15, -0.1) is 0 Å². The van der Waals surface area contributed by atoms with Gasteiger partial charge >= 0.3 is 6.09 Å². The van der Waals surface area contributed by atoms with Crippen molar-refractivity contribution in [2.45, 2.75) is 26.9 Å². The van der Waals surface area contributed by atoms with Gasteiger partial charge in [0.25, 0.3) is 0 Å². The van der Waals surface area contributed by atoms with E-state index in [0.29, 0.717) is 13.1 Å². The third kappa shape index (κ3) is 2.00. The number of ether oxygens (including phenoxy) is 1. The van der Waals surface area contributed by atoms with Crippen LogP contribution in [0.15, 0.2) is 12.1 Å².